The van der Waals surface area contributed by atoms with Crippen LogP contribution in [0.1, 0.15) is 43.6 Å². The molecule has 1 heterocycles. The van der Waals surface area contributed by atoms with E-state index in [-0.39, 0.29) is 30.3 Å². The Morgan fingerprint density at radius 1 is 1.27 bits per heavy atom. The molecule has 1 saturated heterocycles. The number of nitrogens with zero attached hydrogens (tertiary/aromatic N) is 1. The van der Waals surface area contributed by atoms with E-state index >= 15 is 0 Å². The van der Waals surface area contributed by atoms with E-state index in [0.717, 1.165) is 24.2 Å². The van der Waals surface area contributed by atoms with Crippen LogP contribution in [0.3, 0.4) is 0 Å². The van der Waals surface area contributed by atoms with Gasteiger partial charge in [-0.2, -0.15) is 0 Å². The molecule has 0 spiro atoms. The van der Waals surface area contributed by atoms with Crippen LogP contribution in [-0.4, -0.2) is 49.5 Å². The summed E-state index contributed by atoms with van der Waals surface area (Å²) in [6.45, 7) is 1.56. The van der Waals surface area contributed by atoms with Crippen molar-refractivity contribution in [1.82, 2.24) is 10.2 Å². The summed E-state index contributed by atoms with van der Waals surface area (Å²) in [7, 11) is 1.65. The van der Waals surface area contributed by atoms with Gasteiger partial charge in [0.05, 0.1) is 13.7 Å². The van der Waals surface area contributed by atoms with Crippen LogP contribution >= 0.6 is 0 Å². The molecule has 26 heavy (non-hydrogen) atoms. The van der Waals surface area contributed by atoms with Crippen molar-refractivity contribution in [2.24, 2.45) is 11.7 Å². The van der Waals surface area contributed by atoms with Gasteiger partial charge in [0, 0.05) is 31.5 Å². The number of carbonyl (C=O) groups excluding carboxylic acids is 2. The fourth-order valence-electron chi connectivity index (χ4n) is 4.33. The number of benzene rings is 1. The first kappa shape index (κ1) is 18.7. The molecule has 0 radical (unpaired) electrons. The summed E-state index contributed by atoms with van der Waals surface area (Å²) in [5.74, 6) is 1.22. The number of ether oxygens (including phenoxy) is 1. The second-order valence-corrected chi connectivity index (χ2v) is 7.57. The third-order valence-electron chi connectivity index (χ3n) is 5.59. The van der Waals surface area contributed by atoms with E-state index in [1.165, 1.54) is 12.8 Å². The molecule has 2 aliphatic rings. The minimum Gasteiger partial charge on any atom is -0.497 e. The van der Waals surface area contributed by atoms with Crippen LogP contribution in [-0.2, 0) is 9.59 Å². The van der Waals surface area contributed by atoms with Crippen LogP contribution in [0.15, 0.2) is 24.3 Å². The van der Waals surface area contributed by atoms with Gasteiger partial charge in [-0.25, -0.2) is 0 Å². The van der Waals surface area contributed by atoms with E-state index < -0.39 is 0 Å². The van der Waals surface area contributed by atoms with Gasteiger partial charge in [-0.1, -0.05) is 25.0 Å². The Morgan fingerprint density at radius 2 is 2.04 bits per heavy atom. The number of nitrogens with two attached hydrogens (primary N) is 1. The summed E-state index contributed by atoms with van der Waals surface area (Å²) in [4.78, 5) is 25.9. The van der Waals surface area contributed by atoms with E-state index in [1.54, 1.807) is 7.11 Å². The maximum absolute atomic E-state index is 12.5. The standard InChI is InChI=1S/C20H29N3O3/c1-26-16-8-4-7-15(10-16)17-11-23(13-19(21)24)12-18(17)22-20(25)9-14-5-2-3-6-14/h4,7-8,10,14,17-18H,2-3,5-6,9,11-13H2,1H3,(H2,21,24)(H,22,25)/t17-,18+/m0/s1. The van der Waals surface area contributed by atoms with Crippen molar-refractivity contribution < 1.29 is 14.3 Å². The van der Waals surface area contributed by atoms with Crippen LogP contribution in [0, 0.1) is 5.92 Å². The van der Waals surface area contributed by atoms with Crippen LogP contribution in [0.25, 0.3) is 0 Å². The van der Waals surface area contributed by atoms with Crippen molar-refractivity contribution in [2.45, 2.75) is 44.1 Å². The number of likely N-dealkylation sites (tertiary alicyclic amines) is 1. The minimum absolute atomic E-state index is 0.0182. The molecule has 6 heteroatoms. The van der Waals surface area contributed by atoms with Gasteiger partial charge in [0.2, 0.25) is 11.8 Å². The van der Waals surface area contributed by atoms with Gasteiger partial charge in [-0.05, 0) is 36.5 Å². The van der Waals surface area contributed by atoms with Crippen LogP contribution in [0.2, 0.25) is 0 Å². The fraction of sp³-hybridized carbons (Fsp3) is 0.600. The SMILES string of the molecule is COc1cccc([C@@H]2CN(CC(N)=O)C[C@H]2NC(=O)CC2CCCC2)c1. The molecule has 0 aromatic heterocycles. The van der Waals surface area contributed by atoms with Crippen molar-refractivity contribution in [3.63, 3.8) is 0 Å². The number of rotatable bonds is 7. The lowest BCUT2D eigenvalue weighted by atomic mass is 9.93. The number of nitrogens with one attached hydrogen (secondary N) is 1. The van der Waals surface area contributed by atoms with Gasteiger partial charge in [0.25, 0.3) is 0 Å². The smallest absolute Gasteiger partial charge is 0.231 e. The molecule has 0 unspecified atom stereocenters. The largest absolute Gasteiger partial charge is 0.497 e. The maximum atomic E-state index is 12.5. The summed E-state index contributed by atoms with van der Waals surface area (Å²) in [6, 6.07) is 7.91. The Labute approximate surface area is 155 Å². The minimum atomic E-state index is -0.340. The molecule has 2 fully saturated rings. The number of amides is 2. The lowest BCUT2D eigenvalue weighted by molar-refractivity contribution is -0.122. The Balaban J connectivity index is 1.70. The van der Waals surface area contributed by atoms with E-state index in [2.05, 4.69) is 11.4 Å². The van der Waals surface area contributed by atoms with Crippen molar-refractivity contribution in [3.8, 4) is 5.75 Å². The summed E-state index contributed by atoms with van der Waals surface area (Å²) < 4.78 is 5.34. The maximum Gasteiger partial charge on any atom is 0.231 e. The Bertz CT molecular complexity index is 643. The molecule has 142 valence electrons. The average molecular weight is 359 g/mol. The predicted octanol–water partition coefficient (Wildman–Crippen LogP) is 1.64. The molecule has 3 N–H and O–H groups in total. The molecular formula is C20H29N3O3. The number of methoxy groups -OCH3 is 1. The average Bonchev–Trinajstić information content (AvgIpc) is 3.24. The molecule has 1 aromatic carbocycles. The molecule has 2 amide bonds. The van der Waals surface area contributed by atoms with Gasteiger partial charge in [0.15, 0.2) is 0 Å². The van der Waals surface area contributed by atoms with E-state index in [4.69, 9.17) is 10.5 Å². The monoisotopic (exact) mass is 359 g/mol. The van der Waals surface area contributed by atoms with Crippen LogP contribution in [0.5, 0.6) is 5.75 Å². The summed E-state index contributed by atoms with van der Waals surface area (Å²) in [5, 5.41) is 3.22. The van der Waals surface area contributed by atoms with Crippen LogP contribution < -0.4 is 15.8 Å². The first-order valence-electron chi connectivity index (χ1n) is 9.49. The second-order valence-electron chi connectivity index (χ2n) is 7.57. The van der Waals surface area contributed by atoms with Crippen molar-refractivity contribution >= 4 is 11.8 Å². The Hall–Kier alpha value is -2.08. The van der Waals surface area contributed by atoms with Crippen molar-refractivity contribution in [3.05, 3.63) is 29.8 Å². The third-order valence-corrected chi connectivity index (χ3v) is 5.59. The topological polar surface area (TPSA) is 84.7 Å². The highest BCUT2D eigenvalue weighted by molar-refractivity contribution is 5.77. The Morgan fingerprint density at radius 3 is 2.73 bits per heavy atom. The lowest BCUT2D eigenvalue weighted by Crippen LogP contribution is -2.41. The second kappa shape index (κ2) is 8.54. The molecular weight excluding hydrogens is 330 g/mol. The van der Waals surface area contributed by atoms with Crippen molar-refractivity contribution in [2.75, 3.05) is 26.7 Å². The van der Waals surface area contributed by atoms with Gasteiger partial charge >= 0.3 is 0 Å². The molecule has 0 bridgehead atoms. The van der Waals surface area contributed by atoms with E-state index in [1.807, 2.05) is 23.1 Å². The molecule has 1 aliphatic heterocycles. The normalized spacial score (nSPS) is 23.9. The highest BCUT2D eigenvalue weighted by atomic mass is 16.5. The molecule has 1 aromatic rings. The molecule has 6 nitrogen and oxygen atoms in total. The zero-order chi connectivity index (χ0) is 18.5. The quantitative estimate of drug-likeness (QED) is 0.775. The number of carbonyl (C=O) groups is 2. The zero-order valence-electron chi connectivity index (χ0n) is 15.4. The Kier molecular flexibility index (Phi) is 6.14. The van der Waals surface area contributed by atoms with Crippen molar-refractivity contribution in [1.29, 1.82) is 0 Å². The third kappa shape index (κ3) is 4.75. The molecule has 3 rings (SSSR count). The summed E-state index contributed by atoms with van der Waals surface area (Å²) in [5.41, 5.74) is 6.48. The number of hydrogen-bond donors (Lipinski definition) is 2. The summed E-state index contributed by atoms with van der Waals surface area (Å²) >= 11 is 0. The van der Waals surface area contributed by atoms with Gasteiger partial charge in [-0.3, -0.25) is 14.5 Å². The molecule has 1 saturated carbocycles. The van der Waals surface area contributed by atoms with Gasteiger partial charge in [0.1, 0.15) is 5.75 Å². The van der Waals surface area contributed by atoms with Crippen LogP contribution in [0.4, 0.5) is 0 Å². The summed E-state index contributed by atoms with van der Waals surface area (Å²) in [6.07, 6.45) is 5.40. The lowest BCUT2D eigenvalue weighted by Gasteiger charge is -2.21. The van der Waals surface area contributed by atoms with Gasteiger partial charge < -0.3 is 15.8 Å². The number of hydrogen-bond acceptors (Lipinski definition) is 4. The molecule has 2 atom stereocenters. The van der Waals surface area contributed by atoms with Gasteiger partial charge in [-0.15, -0.1) is 0 Å². The first-order chi connectivity index (χ1) is 12.5. The predicted molar refractivity (Wildman–Crippen MR) is 99.9 cm³/mol. The highest BCUT2D eigenvalue weighted by Gasteiger charge is 2.35. The molecule has 1 aliphatic carbocycles. The zero-order valence-corrected chi connectivity index (χ0v) is 15.4. The van der Waals surface area contributed by atoms with E-state index in [9.17, 15) is 9.59 Å². The first-order valence-corrected chi connectivity index (χ1v) is 9.49. The van der Waals surface area contributed by atoms with E-state index in [0.29, 0.717) is 25.4 Å². The number of primary amides is 1. The fourth-order valence-corrected chi connectivity index (χ4v) is 4.33. The highest BCUT2D eigenvalue weighted by Crippen LogP contribution is 2.31.